The number of unbranched alkanes of at least 4 members (excludes halogenated alkanes) is 16. The standard InChI is InChI=1S/C28H60O2Si/c1-6-9-11-12-13-14-15-16-17-18-19-20-21-22-23-24-26-29-31(4,5)30-27-28(8-3)25-10-7-2/h28H,6-27H2,1-5H3. The van der Waals surface area contributed by atoms with E-state index in [2.05, 4.69) is 33.9 Å². The van der Waals surface area contributed by atoms with Crippen LogP contribution in [-0.2, 0) is 8.85 Å². The van der Waals surface area contributed by atoms with Crippen LogP contribution in [0.4, 0.5) is 0 Å². The zero-order valence-electron chi connectivity index (χ0n) is 22.5. The van der Waals surface area contributed by atoms with E-state index in [0.29, 0.717) is 5.92 Å². The van der Waals surface area contributed by atoms with E-state index < -0.39 is 8.56 Å². The van der Waals surface area contributed by atoms with Crippen molar-refractivity contribution >= 4 is 8.56 Å². The molecular weight excluding hydrogens is 396 g/mol. The van der Waals surface area contributed by atoms with Crippen LogP contribution in [0.5, 0.6) is 0 Å². The van der Waals surface area contributed by atoms with Crippen LogP contribution in [0.25, 0.3) is 0 Å². The van der Waals surface area contributed by atoms with Crippen molar-refractivity contribution in [3.05, 3.63) is 0 Å². The van der Waals surface area contributed by atoms with Crippen LogP contribution in [0.1, 0.15) is 149 Å². The van der Waals surface area contributed by atoms with Crippen LogP contribution in [0.15, 0.2) is 0 Å². The first kappa shape index (κ1) is 31.1. The first-order valence-corrected chi connectivity index (χ1v) is 17.1. The molecule has 0 spiro atoms. The fraction of sp³-hybridized carbons (Fsp3) is 1.00. The highest BCUT2D eigenvalue weighted by molar-refractivity contribution is 6.64. The molecule has 0 radical (unpaired) electrons. The first-order chi connectivity index (χ1) is 15.1. The molecule has 31 heavy (non-hydrogen) atoms. The van der Waals surface area contributed by atoms with Gasteiger partial charge in [-0.05, 0) is 31.9 Å². The van der Waals surface area contributed by atoms with E-state index in [9.17, 15) is 0 Å². The highest BCUT2D eigenvalue weighted by Gasteiger charge is 2.25. The molecule has 3 heteroatoms. The van der Waals surface area contributed by atoms with E-state index in [1.54, 1.807) is 0 Å². The van der Waals surface area contributed by atoms with Crippen LogP contribution in [0.2, 0.25) is 13.1 Å². The molecule has 188 valence electrons. The molecule has 0 aromatic heterocycles. The molecule has 0 N–H and O–H groups in total. The Hall–Kier alpha value is 0.137. The molecule has 0 aromatic carbocycles. The Morgan fingerprint density at radius 3 is 1.35 bits per heavy atom. The third kappa shape index (κ3) is 23.1. The van der Waals surface area contributed by atoms with Crippen molar-refractivity contribution in [2.75, 3.05) is 13.2 Å². The van der Waals surface area contributed by atoms with Crippen molar-refractivity contribution in [3.63, 3.8) is 0 Å². The Kier molecular flexibility index (Phi) is 23.4. The summed E-state index contributed by atoms with van der Waals surface area (Å²) in [5.74, 6) is 0.714. The summed E-state index contributed by atoms with van der Waals surface area (Å²) in [6, 6.07) is 0. The summed E-state index contributed by atoms with van der Waals surface area (Å²) in [5, 5.41) is 0. The lowest BCUT2D eigenvalue weighted by molar-refractivity contribution is 0.146. The second-order valence-electron chi connectivity index (χ2n) is 10.3. The SMILES string of the molecule is CCCCCCCCCCCCCCCCCCO[Si](C)(C)OCC(CC)CCCC. The Morgan fingerprint density at radius 1 is 0.516 bits per heavy atom. The molecular formula is C28H60O2Si. The van der Waals surface area contributed by atoms with Gasteiger partial charge in [0, 0.05) is 13.2 Å². The number of hydrogen-bond acceptors (Lipinski definition) is 2. The molecule has 0 saturated heterocycles. The fourth-order valence-electron chi connectivity index (χ4n) is 4.23. The molecule has 0 rings (SSSR count). The Morgan fingerprint density at radius 2 is 0.935 bits per heavy atom. The molecule has 0 aromatic rings. The van der Waals surface area contributed by atoms with Gasteiger partial charge in [-0.25, -0.2) is 0 Å². The van der Waals surface area contributed by atoms with E-state index in [1.165, 1.54) is 128 Å². The molecule has 0 aliphatic rings. The van der Waals surface area contributed by atoms with Gasteiger partial charge in [0.15, 0.2) is 0 Å². The van der Waals surface area contributed by atoms with Crippen LogP contribution in [-0.4, -0.2) is 21.8 Å². The van der Waals surface area contributed by atoms with Crippen molar-refractivity contribution in [1.29, 1.82) is 0 Å². The van der Waals surface area contributed by atoms with Gasteiger partial charge in [0.1, 0.15) is 0 Å². The highest BCUT2D eigenvalue weighted by atomic mass is 28.4. The van der Waals surface area contributed by atoms with Gasteiger partial charge in [-0.2, -0.15) is 0 Å². The molecule has 0 aliphatic heterocycles. The largest absolute Gasteiger partial charge is 0.395 e. The Balaban J connectivity index is 3.37. The minimum atomic E-state index is -1.93. The lowest BCUT2D eigenvalue weighted by Gasteiger charge is -2.26. The van der Waals surface area contributed by atoms with E-state index in [-0.39, 0.29) is 0 Å². The van der Waals surface area contributed by atoms with Crippen molar-refractivity contribution in [2.45, 2.75) is 162 Å². The molecule has 2 nitrogen and oxygen atoms in total. The van der Waals surface area contributed by atoms with Gasteiger partial charge >= 0.3 is 8.56 Å². The second kappa shape index (κ2) is 23.3. The zero-order chi connectivity index (χ0) is 23.0. The molecule has 0 saturated carbocycles. The zero-order valence-corrected chi connectivity index (χ0v) is 23.5. The van der Waals surface area contributed by atoms with Crippen molar-refractivity contribution in [2.24, 2.45) is 5.92 Å². The third-order valence-corrected chi connectivity index (χ3v) is 8.42. The van der Waals surface area contributed by atoms with Crippen LogP contribution < -0.4 is 0 Å². The van der Waals surface area contributed by atoms with Gasteiger partial charge in [0.05, 0.1) is 0 Å². The maximum absolute atomic E-state index is 6.23. The maximum atomic E-state index is 6.23. The van der Waals surface area contributed by atoms with E-state index in [4.69, 9.17) is 8.85 Å². The van der Waals surface area contributed by atoms with Crippen molar-refractivity contribution in [1.82, 2.24) is 0 Å². The third-order valence-electron chi connectivity index (χ3n) is 6.66. The quantitative estimate of drug-likeness (QED) is 0.100. The smallest absolute Gasteiger partial charge is 0.331 e. The van der Waals surface area contributed by atoms with Gasteiger partial charge in [-0.15, -0.1) is 0 Å². The van der Waals surface area contributed by atoms with Gasteiger partial charge in [0.2, 0.25) is 0 Å². The molecule has 1 atom stereocenters. The molecule has 0 heterocycles. The summed E-state index contributed by atoms with van der Waals surface area (Å²) >= 11 is 0. The van der Waals surface area contributed by atoms with Crippen LogP contribution in [0.3, 0.4) is 0 Å². The Labute approximate surface area is 198 Å². The van der Waals surface area contributed by atoms with Crippen molar-refractivity contribution < 1.29 is 8.85 Å². The van der Waals surface area contributed by atoms with E-state index in [0.717, 1.165) is 13.2 Å². The second-order valence-corrected chi connectivity index (χ2v) is 13.7. The van der Waals surface area contributed by atoms with Gasteiger partial charge in [-0.1, -0.05) is 136 Å². The normalized spacial score (nSPS) is 13.1. The maximum Gasteiger partial charge on any atom is 0.331 e. The lowest BCUT2D eigenvalue weighted by atomic mass is 10.0. The monoisotopic (exact) mass is 456 g/mol. The summed E-state index contributed by atoms with van der Waals surface area (Å²) in [4.78, 5) is 0. The lowest BCUT2D eigenvalue weighted by Crippen LogP contribution is -2.37. The molecule has 0 bridgehead atoms. The average molecular weight is 457 g/mol. The van der Waals surface area contributed by atoms with E-state index in [1.807, 2.05) is 0 Å². The summed E-state index contributed by atoms with van der Waals surface area (Å²) in [6.07, 6.45) is 27.8. The minimum absolute atomic E-state index is 0.714. The molecule has 0 fully saturated rings. The number of rotatable bonds is 25. The molecule has 0 amide bonds. The number of hydrogen-bond donors (Lipinski definition) is 0. The van der Waals surface area contributed by atoms with Crippen molar-refractivity contribution in [3.8, 4) is 0 Å². The van der Waals surface area contributed by atoms with Gasteiger partial charge in [-0.3, -0.25) is 0 Å². The predicted octanol–water partition coefficient (Wildman–Crippen LogP) is 10.2. The summed E-state index contributed by atoms with van der Waals surface area (Å²) in [6.45, 7) is 13.1. The Bertz CT molecular complexity index is 346. The highest BCUT2D eigenvalue weighted by Crippen LogP contribution is 2.17. The first-order valence-electron chi connectivity index (χ1n) is 14.3. The predicted molar refractivity (Wildman–Crippen MR) is 142 cm³/mol. The summed E-state index contributed by atoms with van der Waals surface area (Å²) in [7, 11) is -1.93. The van der Waals surface area contributed by atoms with Gasteiger partial charge in [0.25, 0.3) is 0 Å². The fourth-order valence-corrected chi connectivity index (χ4v) is 5.58. The van der Waals surface area contributed by atoms with Gasteiger partial charge < -0.3 is 8.85 Å². The molecule has 0 aliphatic carbocycles. The summed E-state index contributed by atoms with van der Waals surface area (Å²) in [5.41, 5.74) is 0. The van der Waals surface area contributed by atoms with E-state index >= 15 is 0 Å². The topological polar surface area (TPSA) is 18.5 Å². The summed E-state index contributed by atoms with van der Waals surface area (Å²) < 4.78 is 12.4. The minimum Gasteiger partial charge on any atom is -0.395 e. The van der Waals surface area contributed by atoms with Crippen LogP contribution in [0, 0.1) is 5.92 Å². The van der Waals surface area contributed by atoms with Crippen LogP contribution >= 0.6 is 0 Å². The average Bonchev–Trinajstić information content (AvgIpc) is 2.76. The molecule has 1 unspecified atom stereocenters.